The van der Waals surface area contributed by atoms with Crippen LogP contribution in [0.25, 0.3) is 10.9 Å². The molecule has 1 fully saturated rings. The SMILES string of the molecule is CCc1cc(NC2COCC2Cc2ccnc3ccccc23)nc(C)n1. The first-order valence-corrected chi connectivity index (χ1v) is 9.24. The van der Waals surface area contributed by atoms with E-state index in [0.717, 1.165) is 42.3 Å². The van der Waals surface area contributed by atoms with E-state index in [4.69, 9.17) is 4.74 Å². The first-order valence-electron chi connectivity index (χ1n) is 9.24. The van der Waals surface area contributed by atoms with Crippen LogP contribution in [-0.4, -0.2) is 34.2 Å². The summed E-state index contributed by atoms with van der Waals surface area (Å²) in [5.74, 6) is 2.11. The summed E-state index contributed by atoms with van der Waals surface area (Å²) < 4.78 is 5.79. The molecule has 134 valence electrons. The van der Waals surface area contributed by atoms with Crippen LogP contribution in [0.15, 0.2) is 42.6 Å². The maximum Gasteiger partial charge on any atom is 0.130 e. The molecule has 1 aliphatic rings. The standard InChI is InChI=1S/C21H24N4O/c1-3-17-11-21(24-14(2)23-17)25-20-13-26-12-16(20)10-15-8-9-22-19-7-5-4-6-18(15)19/h4-9,11,16,20H,3,10,12-13H2,1-2H3,(H,23,24,25). The Labute approximate surface area is 153 Å². The van der Waals surface area contributed by atoms with Gasteiger partial charge in [-0.15, -0.1) is 0 Å². The normalized spacial score (nSPS) is 19.8. The molecule has 0 bridgehead atoms. The van der Waals surface area contributed by atoms with Crippen molar-refractivity contribution in [1.82, 2.24) is 15.0 Å². The van der Waals surface area contributed by atoms with Crippen molar-refractivity contribution in [3.05, 3.63) is 59.7 Å². The molecule has 3 aromatic rings. The highest BCUT2D eigenvalue weighted by Crippen LogP contribution is 2.26. The summed E-state index contributed by atoms with van der Waals surface area (Å²) in [5, 5.41) is 4.81. The van der Waals surface area contributed by atoms with Gasteiger partial charge in [-0.1, -0.05) is 25.1 Å². The van der Waals surface area contributed by atoms with E-state index < -0.39 is 0 Å². The number of para-hydroxylation sites is 1. The highest BCUT2D eigenvalue weighted by molar-refractivity contribution is 5.81. The summed E-state index contributed by atoms with van der Waals surface area (Å²) >= 11 is 0. The van der Waals surface area contributed by atoms with Gasteiger partial charge >= 0.3 is 0 Å². The van der Waals surface area contributed by atoms with Crippen LogP contribution in [0.4, 0.5) is 5.82 Å². The van der Waals surface area contributed by atoms with Crippen LogP contribution in [0.5, 0.6) is 0 Å². The fourth-order valence-corrected chi connectivity index (χ4v) is 3.65. The average molecular weight is 348 g/mol. The van der Waals surface area contributed by atoms with Gasteiger partial charge in [0.1, 0.15) is 11.6 Å². The highest BCUT2D eigenvalue weighted by Gasteiger charge is 2.29. The zero-order chi connectivity index (χ0) is 17.9. The largest absolute Gasteiger partial charge is 0.379 e. The zero-order valence-electron chi connectivity index (χ0n) is 15.3. The number of ether oxygens (including phenoxy) is 1. The van der Waals surface area contributed by atoms with Crippen molar-refractivity contribution in [3.8, 4) is 0 Å². The van der Waals surface area contributed by atoms with E-state index in [1.807, 2.05) is 25.3 Å². The van der Waals surface area contributed by atoms with Crippen LogP contribution in [0.1, 0.15) is 24.0 Å². The van der Waals surface area contributed by atoms with E-state index in [-0.39, 0.29) is 6.04 Å². The Morgan fingerprint density at radius 2 is 2.04 bits per heavy atom. The van der Waals surface area contributed by atoms with Gasteiger partial charge in [-0.3, -0.25) is 4.98 Å². The van der Waals surface area contributed by atoms with Gasteiger partial charge in [0, 0.05) is 29.3 Å². The molecule has 2 atom stereocenters. The predicted octanol–water partition coefficient (Wildman–Crippen LogP) is 3.57. The summed E-state index contributed by atoms with van der Waals surface area (Å²) in [6.07, 6.45) is 3.77. The second kappa shape index (κ2) is 7.38. The van der Waals surface area contributed by atoms with E-state index in [1.54, 1.807) is 0 Å². The molecule has 5 heteroatoms. The molecule has 1 aliphatic heterocycles. The van der Waals surface area contributed by atoms with Gasteiger partial charge in [0.15, 0.2) is 0 Å². The summed E-state index contributed by atoms with van der Waals surface area (Å²) in [7, 11) is 0. The lowest BCUT2D eigenvalue weighted by molar-refractivity contribution is 0.185. The minimum Gasteiger partial charge on any atom is -0.379 e. The van der Waals surface area contributed by atoms with Crippen molar-refractivity contribution < 1.29 is 4.74 Å². The van der Waals surface area contributed by atoms with Crippen LogP contribution in [0.2, 0.25) is 0 Å². The van der Waals surface area contributed by atoms with Gasteiger partial charge < -0.3 is 10.1 Å². The molecule has 5 nitrogen and oxygen atoms in total. The van der Waals surface area contributed by atoms with Gasteiger partial charge in [0.25, 0.3) is 0 Å². The third kappa shape index (κ3) is 3.53. The Morgan fingerprint density at radius 3 is 2.92 bits per heavy atom. The topological polar surface area (TPSA) is 59.9 Å². The van der Waals surface area contributed by atoms with Crippen molar-refractivity contribution in [3.63, 3.8) is 0 Å². The van der Waals surface area contributed by atoms with E-state index in [9.17, 15) is 0 Å². The third-order valence-electron chi connectivity index (χ3n) is 5.01. The molecule has 1 N–H and O–H groups in total. The number of anilines is 1. The van der Waals surface area contributed by atoms with Crippen LogP contribution >= 0.6 is 0 Å². The maximum absolute atomic E-state index is 5.79. The first kappa shape index (κ1) is 16.9. The molecule has 0 aliphatic carbocycles. The Balaban J connectivity index is 1.54. The molecule has 2 aromatic heterocycles. The zero-order valence-corrected chi connectivity index (χ0v) is 15.3. The molecule has 1 saturated heterocycles. The molecule has 26 heavy (non-hydrogen) atoms. The number of nitrogens with one attached hydrogen (secondary N) is 1. The molecule has 3 heterocycles. The molecular formula is C21H24N4O. The number of rotatable bonds is 5. The van der Waals surface area contributed by atoms with Gasteiger partial charge in [-0.25, -0.2) is 9.97 Å². The lowest BCUT2D eigenvalue weighted by atomic mass is 9.93. The summed E-state index contributed by atoms with van der Waals surface area (Å²) in [6, 6.07) is 12.7. The average Bonchev–Trinajstić information content (AvgIpc) is 3.08. The van der Waals surface area contributed by atoms with Crippen molar-refractivity contribution in [2.45, 2.75) is 32.7 Å². The van der Waals surface area contributed by atoms with Crippen LogP contribution in [0, 0.1) is 12.8 Å². The Morgan fingerprint density at radius 1 is 1.15 bits per heavy atom. The van der Waals surface area contributed by atoms with Gasteiger partial charge in [0.05, 0.1) is 24.8 Å². The lowest BCUT2D eigenvalue weighted by Crippen LogP contribution is -2.30. The molecule has 0 radical (unpaired) electrons. The van der Waals surface area contributed by atoms with Crippen molar-refractivity contribution in [1.29, 1.82) is 0 Å². The van der Waals surface area contributed by atoms with E-state index in [0.29, 0.717) is 12.5 Å². The van der Waals surface area contributed by atoms with Gasteiger partial charge in [-0.2, -0.15) is 0 Å². The minimum absolute atomic E-state index is 0.251. The lowest BCUT2D eigenvalue weighted by Gasteiger charge is -2.20. The monoisotopic (exact) mass is 348 g/mol. The first-order chi connectivity index (χ1) is 12.7. The summed E-state index contributed by atoms with van der Waals surface area (Å²) in [6.45, 7) is 5.52. The number of aromatic nitrogens is 3. The number of hydrogen-bond donors (Lipinski definition) is 1. The molecule has 1 aromatic carbocycles. The molecule has 4 rings (SSSR count). The second-order valence-electron chi connectivity index (χ2n) is 6.89. The molecule has 0 spiro atoms. The number of pyridine rings is 1. The van der Waals surface area contributed by atoms with Crippen LogP contribution < -0.4 is 5.32 Å². The fraction of sp³-hybridized carbons (Fsp3) is 0.381. The molecule has 0 saturated carbocycles. The number of hydrogen-bond acceptors (Lipinski definition) is 5. The van der Waals surface area contributed by atoms with Crippen molar-refractivity contribution >= 4 is 16.7 Å². The van der Waals surface area contributed by atoms with E-state index in [2.05, 4.69) is 51.5 Å². The van der Waals surface area contributed by atoms with Gasteiger partial charge in [-0.05, 0) is 37.5 Å². The van der Waals surface area contributed by atoms with E-state index in [1.165, 1.54) is 10.9 Å². The predicted molar refractivity (Wildman–Crippen MR) is 103 cm³/mol. The van der Waals surface area contributed by atoms with Gasteiger partial charge in [0.2, 0.25) is 0 Å². The van der Waals surface area contributed by atoms with Crippen molar-refractivity contribution in [2.75, 3.05) is 18.5 Å². The van der Waals surface area contributed by atoms with Crippen LogP contribution in [0.3, 0.4) is 0 Å². The number of nitrogens with zero attached hydrogens (tertiary/aromatic N) is 3. The van der Waals surface area contributed by atoms with Crippen LogP contribution in [-0.2, 0) is 17.6 Å². The Kier molecular flexibility index (Phi) is 4.80. The Hall–Kier alpha value is -2.53. The molecule has 2 unspecified atom stereocenters. The highest BCUT2D eigenvalue weighted by atomic mass is 16.5. The molecule has 0 amide bonds. The fourth-order valence-electron chi connectivity index (χ4n) is 3.65. The summed E-state index contributed by atoms with van der Waals surface area (Å²) in [4.78, 5) is 13.5. The third-order valence-corrected chi connectivity index (χ3v) is 5.01. The number of benzene rings is 1. The smallest absolute Gasteiger partial charge is 0.130 e. The Bertz CT molecular complexity index is 906. The van der Waals surface area contributed by atoms with E-state index >= 15 is 0 Å². The summed E-state index contributed by atoms with van der Waals surface area (Å²) in [5.41, 5.74) is 3.44. The maximum atomic E-state index is 5.79. The number of aryl methyl sites for hydroxylation is 2. The quantitative estimate of drug-likeness (QED) is 0.764. The number of fused-ring (bicyclic) bond motifs is 1. The molecular weight excluding hydrogens is 324 g/mol. The minimum atomic E-state index is 0.251. The van der Waals surface area contributed by atoms with Crippen molar-refractivity contribution in [2.24, 2.45) is 5.92 Å². The second-order valence-corrected chi connectivity index (χ2v) is 6.89.